The molecular weight excluding hydrogens is 599 g/mol. The minimum Gasteiger partial charge on any atom is -0.309 e. The summed E-state index contributed by atoms with van der Waals surface area (Å²) in [5.41, 5.74) is 6.28. The van der Waals surface area contributed by atoms with Gasteiger partial charge in [0.15, 0.2) is 19.4 Å². The van der Waals surface area contributed by atoms with Crippen LogP contribution in [0.3, 0.4) is 0 Å². The first-order valence-electron chi connectivity index (χ1n) is 15.9. The molecule has 0 aliphatic carbocycles. The summed E-state index contributed by atoms with van der Waals surface area (Å²) in [5.74, 6) is 0. The third-order valence-corrected chi connectivity index (χ3v) is 14.1. The average molecular weight is 628 g/mol. The van der Waals surface area contributed by atoms with E-state index in [1.54, 1.807) is 0 Å². The standard InChI is InChI=1S/C44H29N3Si/c1-45-33-25-28-44-41(30-33)39-23-12-13-24-43(39)47(44)34-16-14-15-32(29-34)40-31-38(26-27-42(40)46-2)48(35-17-6-3-7-18-35,36-19-8-4-9-20-36)37-21-10-5-11-22-37/h3-31H. The largest absolute Gasteiger partial charge is 0.309 e. The molecule has 0 spiro atoms. The molecule has 0 amide bonds. The van der Waals surface area contributed by atoms with Crippen molar-refractivity contribution < 1.29 is 0 Å². The van der Waals surface area contributed by atoms with Crippen LogP contribution in [0.2, 0.25) is 0 Å². The zero-order valence-electron chi connectivity index (χ0n) is 26.1. The van der Waals surface area contributed by atoms with Gasteiger partial charge in [0, 0.05) is 11.1 Å². The van der Waals surface area contributed by atoms with Crippen LogP contribution in [-0.4, -0.2) is 12.6 Å². The normalized spacial score (nSPS) is 11.3. The van der Waals surface area contributed by atoms with Crippen LogP contribution in [0.25, 0.3) is 48.3 Å². The van der Waals surface area contributed by atoms with Gasteiger partial charge in [-0.15, -0.1) is 0 Å². The lowest BCUT2D eigenvalue weighted by molar-refractivity contribution is 1.18. The third-order valence-electron chi connectivity index (χ3n) is 9.37. The van der Waals surface area contributed by atoms with Crippen molar-refractivity contribution in [2.75, 3.05) is 0 Å². The predicted octanol–water partition coefficient (Wildman–Crippen LogP) is 8.93. The van der Waals surface area contributed by atoms with E-state index in [0.29, 0.717) is 11.4 Å². The van der Waals surface area contributed by atoms with Gasteiger partial charge in [0.2, 0.25) is 0 Å². The molecule has 0 fully saturated rings. The van der Waals surface area contributed by atoms with Gasteiger partial charge in [-0.3, -0.25) is 0 Å². The van der Waals surface area contributed by atoms with Gasteiger partial charge < -0.3 is 4.57 Å². The second-order valence-corrected chi connectivity index (χ2v) is 15.7. The minimum absolute atomic E-state index is 0.622. The summed E-state index contributed by atoms with van der Waals surface area (Å²) in [6.45, 7) is 15.8. The zero-order valence-corrected chi connectivity index (χ0v) is 27.1. The van der Waals surface area contributed by atoms with Crippen LogP contribution in [0.4, 0.5) is 11.4 Å². The molecule has 0 saturated heterocycles. The number of benzene rings is 7. The molecule has 0 unspecified atom stereocenters. The summed E-state index contributed by atoms with van der Waals surface area (Å²) in [7, 11) is -2.78. The lowest BCUT2D eigenvalue weighted by Crippen LogP contribution is -2.74. The van der Waals surface area contributed by atoms with Gasteiger partial charge >= 0.3 is 0 Å². The van der Waals surface area contributed by atoms with Crippen LogP contribution in [0.15, 0.2) is 176 Å². The Bertz CT molecular complexity index is 2430. The van der Waals surface area contributed by atoms with Crippen LogP contribution < -0.4 is 20.7 Å². The summed E-state index contributed by atoms with van der Waals surface area (Å²) in [4.78, 5) is 7.72. The fraction of sp³-hybridized carbons (Fsp3) is 0. The Kier molecular flexibility index (Phi) is 7.27. The van der Waals surface area contributed by atoms with Crippen LogP contribution in [0.1, 0.15) is 0 Å². The van der Waals surface area contributed by atoms with Crippen molar-refractivity contribution in [2.45, 2.75) is 0 Å². The van der Waals surface area contributed by atoms with Gasteiger partial charge in [0.05, 0.1) is 24.2 Å². The van der Waals surface area contributed by atoms with E-state index in [9.17, 15) is 0 Å². The van der Waals surface area contributed by atoms with E-state index < -0.39 is 8.07 Å². The van der Waals surface area contributed by atoms with Gasteiger partial charge in [-0.25, -0.2) is 9.69 Å². The second kappa shape index (κ2) is 12.0. The molecule has 0 radical (unpaired) electrons. The number of fused-ring (bicyclic) bond motifs is 3. The lowest BCUT2D eigenvalue weighted by Gasteiger charge is -2.35. The van der Waals surface area contributed by atoms with E-state index in [-0.39, 0.29) is 0 Å². The summed E-state index contributed by atoms with van der Waals surface area (Å²) in [5, 5.41) is 7.27. The molecule has 3 nitrogen and oxygen atoms in total. The third kappa shape index (κ3) is 4.64. The first kappa shape index (κ1) is 29.0. The fourth-order valence-corrected chi connectivity index (χ4v) is 12.1. The van der Waals surface area contributed by atoms with E-state index in [0.717, 1.165) is 38.6 Å². The fourth-order valence-electron chi connectivity index (χ4n) is 7.28. The highest BCUT2D eigenvalue weighted by Gasteiger charge is 2.41. The Labute approximate surface area is 281 Å². The van der Waals surface area contributed by atoms with Crippen LogP contribution in [0.5, 0.6) is 0 Å². The predicted molar refractivity (Wildman–Crippen MR) is 202 cm³/mol. The summed E-state index contributed by atoms with van der Waals surface area (Å²) >= 11 is 0. The lowest BCUT2D eigenvalue weighted by atomic mass is 10.0. The Hall–Kier alpha value is -6.46. The van der Waals surface area contributed by atoms with Crippen molar-refractivity contribution in [2.24, 2.45) is 0 Å². The molecule has 8 aromatic rings. The molecule has 1 aromatic heterocycles. The number of nitrogens with zero attached hydrogens (tertiary/aromatic N) is 3. The highest BCUT2D eigenvalue weighted by molar-refractivity contribution is 7.19. The van der Waals surface area contributed by atoms with Crippen molar-refractivity contribution >= 4 is 62.0 Å². The number of aromatic nitrogens is 1. The smallest absolute Gasteiger partial charge is 0.194 e. The van der Waals surface area contributed by atoms with Crippen molar-refractivity contribution in [3.8, 4) is 16.8 Å². The topological polar surface area (TPSA) is 13.6 Å². The highest BCUT2D eigenvalue weighted by atomic mass is 28.3. The van der Waals surface area contributed by atoms with Crippen LogP contribution in [-0.2, 0) is 0 Å². The van der Waals surface area contributed by atoms with Crippen molar-refractivity contribution in [3.63, 3.8) is 0 Å². The summed E-state index contributed by atoms with van der Waals surface area (Å²) in [6.07, 6.45) is 0. The van der Waals surface area contributed by atoms with E-state index in [4.69, 9.17) is 13.1 Å². The monoisotopic (exact) mass is 627 g/mol. The molecular formula is C44H29N3Si. The SMILES string of the molecule is [C-]#[N+]c1ccc2c(c1)c1ccccc1n2-c1cccc(-c2cc([Si](c3ccccc3)(c3ccccc3)c3ccccc3)ccc2[N+]#[C-])c1. The van der Waals surface area contributed by atoms with Gasteiger partial charge in [-0.2, -0.15) is 0 Å². The number of hydrogen-bond donors (Lipinski definition) is 0. The minimum atomic E-state index is -2.78. The molecule has 224 valence electrons. The first-order chi connectivity index (χ1) is 23.7. The van der Waals surface area contributed by atoms with E-state index in [1.807, 2.05) is 30.3 Å². The second-order valence-electron chi connectivity index (χ2n) is 11.9. The Balaban J connectivity index is 1.38. The summed E-state index contributed by atoms with van der Waals surface area (Å²) in [6, 6.07) is 61.8. The Morgan fingerprint density at radius 3 is 1.67 bits per heavy atom. The number of para-hydroxylation sites is 1. The molecule has 0 N–H and O–H groups in total. The molecule has 0 bridgehead atoms. The summed E-state index contributed by atoms with van der Waals surface area (Å²) < 4.78 is 2.26. The van der Waals surface area contributed by atoms with Crippen molar-refractivity contribution in [1.29, 1.82) is 0 Å². The quantitative estimate of drug-likeness (QED) is 0.0993. The van der Waals surface area contributed by atoms with E-state index >= 15 is 0 Å². The van der Waals surface area contributed by atoms with Gasteiger partial charge in [0.25, 0.3) is 0 Å². The van der Waals surface area contributed by atoms with Crippen LogP contribution >= 0.6 is 0 Å². The van der Waals surface area contributed by atoms with Gasteiger partial charge in [0.1, 0.15) is 0 Å². The van der Waals surface area contributed by atoms with E-state index in [1.165, 1.54) is 20.7 Å². The maximum absolute atomic E-state index is 8.21. The molecule has 48 heavy (non-hydrogen) atoms. The molecule has 0 saturated carbocycles. The maximum Gasteiger partial charge on any atom is 0.194 e. The van der Waals surface area contributed by atoms with Crippen LogP contribution in [0, 0.1) is 13.1 Å². The Morgan fingerprint density at radius 2 is 1.04 bits per heavy atom. The zero-order chi connectivity index (χ0) is 32.5. The molecule has 0 atom stereocenters. The number of hydrogen-bond acceptors (Lipinski definition) is 0. The van der Waals surface area contributed by atoms with E-state index in [2.05, 4.69) is 160 Å². The molecule has 4 heteroatoms. The number of rotatable bonds is 6. The molecule has 7 aromatic carbocycles. The first-order valence-corrected chi connectivity index (χ1v) is 17.9. The van der Waals surface area contributed by atoms with Crippen molar-refractivity contribution in [1.82, 2.24) is 4.57 Å². The molecule has 8 rings (SSSR count). The highest BCUT2D eigenvalue weighted by Crippen LogP contribution is 2.37. The maximum atomic E-state index is 8.21. The molecule has 0 aliphatic rings. The molecule has 1 heterocycles. The Morgan fingerprint density at radius 1 is 0.438 bits per heavy atom. The van der Waals surface area contributed by atoms with Crippen molar-refractivity contribution in [3.05, 3.63) is 199 Å². The van der Waals surface area contributed by atoms with Gasteiger partial charge in [-0.1, -0.05) is 146 Å². The van der Waals surface area contributed by atoms with Gasteiger partial charge in [-0.05, 0) is 67.6 Å². The molecule has 0 aliphatic heterocycles. The average Bonchev–Trinajstić information content (AvgIpc) is 3.50.